The topological polar surface area (TPSA) is 98.8 Å². The Bertz CT molecular complexity index is 1520. The van der Waals surface area contributed by atoms with Crippen molar-refractivity contribution in [3.8, 4) is 0 Å². The molecule has 2 aliphatic heterocycles. The summed E-state index contributed by atoms with van der Waals surface area (Å²) in [6.45, 7) is 4.46. The molecule has 3 aromatic rings. The van der Waals surface area contributed by atoms with Gasteiger partial charge in [0.05, 0.1) is 22.9 Å². The zero-order valence-electron chi connectivity index (χ0n) is 21.3. The van der Waals surface area contributed by atoms with Gasteiger partial charge in [-0.3, -0.25) is 9.59 Å². The Morgan fingerprint density at radius 3 is 2.44 bits per heavy atom. The number of hydrogen-bond donors (Lipinski definition) is 2. The average Bonchev–Trinajstić information content (AvgIpc) is 2.91. The number of carbonyl (C=O) groups excluding carboxylic acids is 2. The normalized spacial score (nSPS) is 17.3. The van der Waals surface area contributed by atoms with Gasteiger partial charge in [-0.2, -0.15) is 0 Å². The minimum atomic E-state index is -3.67. The number of carbonyl (C=O) groups is 2. The van der Waals surface area contributed by atoms with Crippen LogP contribution in [0.3, 0.4) is 0 Å². The van der Waals surface area contributed by atoms with Crippen molar-refractivity contribution in [2.45, 2.75) is 18.7 Å². The largest absolute Gasteiger partial charge is 0.371 e. The molecule has 0 radical (unpaired) electrons. The molecule has 0 aliphatic carbocycles. The Morgan fingerprint density at radius 1 is 1.00 bits per heavy atom. The molecule has 2 N–H and O–H groups in total. The first kappa shape index (κ1) is 27.0. The van der Waals surface area contributed by atoms with Gasteiger partial charge in [-0.15, -0.1) is 0 Å². The van der Waals surface area contributed by atoms with E-state index in [9.17, 15) is 22.4 Å². The summed E-state index contributed by atoms with van der Waals surface area (Å²) >= 11 is 6.17. The molecule has 2 heterocycles. The van der Waals surface area contributed by atoms with Crippen molar-refractivity contribution in [2.75, 3.05) is 47.5 Å². The summed E-state index contributed by atoms with van der Waals surface area (Å²) < 4.78 is 38.5. The van der Waals surface area contributed by atoms with Gasteiger partial charge in [0.25, 0.3) is 5.91 Å². The number of halogens is 2. The number of nitrogens with zero attached hydrogens (tertiary/aromatic N) is 2. The molecular formula is C28H28ClFN4O4S. The summed E-state index contributed by atoms with van der Waals surface area (Å²) in [6.07, 6.45) is 0. The highest BCUT2D eigenvalue weighted by molar-refractivity contribution is 7.90. The number of fused-ring (bicyclic) bond motifs is 1. The Hall–Kier alpha value is -3.63. The van der Waals surface area contributed by atoms with Crippen molar-refractivity contribution in [3.05, 3.63) is 88.2 Å². The molecule has 1 fully saturated rings. The van der Waals surface area contributed by atoms with Crippen molar-refractivity contribution < 1.29 is 22.4 Å². The molecule has 0 unspecified atom stereocenters. The highest BCUT2D eigenvalue weighted by Crippen LogP contribution is 2.30. The zero-order chi connectivity index (χ0) is 27.7. The second-order valence-corrected chi connectivity index (χ2v) is 12.4. The van der Waals surface area contributed by atoms with Crippen molar-refractivity contribution >= 4 is 50.3 Å². The number of piperazine rings is 1. The summed E-state index contributed by atoms with van der Waals surface area (Å²) in [4.78, 5) is 30.0. The Balaban J connectivity index is 1.22. The quantitative estimate of drug-likeness (QED) is 0.463. The van der Waals surface area contributed by atoms with Gasteiger partial charge in [0, 0.05) is 42.5 Å². The molecule has 0 spiro atoms. The first-order chi connectivity index (χ1) is 18.6. The maximum absolute atomic E-state index is 13.2. The molecule has 0 bridgehead atoms. The Morgan fingerprint density at radius 2 is 1.72 bits per heavy atom. The van der Waals surface area contributed by atoms with Gasteiger partial charge in [0.15, 0.2) is 9.84 Å². The number of aryl methyl sites for hydroxylation is 1. The minimum absolute atomic E-state index is 0.140. The standard InChI is InChI=1S/C28H28ClFN4O4S/c1-18-2-6-21(29)15-26(18)33-10-12-34(13-11-33)28(36)20-5-9-23-24(14-20)32-27(35)25(31-23)17-39(37,38)16-19-3-7-22(30)8-4-19/h2-9,14-15,25,31H,10-13,16-17H2,1H3,(H,32,35)/t25-/m0/s1. The number of hydrogen-bond acceptors (Lipinski definition) is 6. The molecule has 1 atom stereocenters. The maximum Gasteiger partial charge on any atom is 0.254 e. The van der Waals surface area contributed by atoms with Crippen LogP contribution in [0.5, 0.6) is 0 Å². The third-order valence-electron chi connectivity index (χ3n) is 6.97. The summed E-state index contributed by atoms with van der Waals surface area (Å²) in [6, 6.07) is 15.0. The van der Waals surface area contributed by atoms with E-state index in [2.05, 4.69) is 15.5 Å². The number of benzene rings is 3. The molecule has 1 saturated heterocycles. The van der Waals surface area contributed by atoms with Crippen LogP contribution < -0.4 is 15.5 Å². The van der Waals surface area contributed by atoms with E-state index in [-0.39, 0.29) is 11.7 Å². The zero-order valence-corrected chi connectivity index (χ0v) is 22.9. The number of rotatable bonds is 6. The van der Waals surface area contributed by atoms with Crippen molar-refractivity contribution in [2.24, 2.45) is 0 Å². The lowest BCUT2D eigenvalue weighted by Crippen LogP contribution is -2.49. The van der Waals surface area contributed by atoms with E-state index < -0.39 is 33.4 Å². The SMILES string of the molecule is Cc1ccc(Cl)cc1N1CCN(C(=O)c2ccc3c(c2)NC(=O)[C@H](CS(=O)(=O)Cc2ccc(F)cc2)N3)CC1. The van der Waals surface area contributed by atoms with Gasteiger partial charge in [0.2, 0.25) is 5.91 Å². The summed E-state index contributed by atoms with van der Waals surface area (Å²) in [7, 11) is -3.67. The van der Waals surface area contributed by atoms with Gasteiger partial charge in [-0.25, -0.2) is 12.8 Å². The lowest BCUT2D eigenvalue weighted by Gasteiger charge is -2.37. The van der Waals surface area contributed by atoms with Gasteiger partial charge in [-0.05, 0) is 60.5 Å². The maximum atomic E-state index is 13.2. The van der Waals surface area contributed by atoms with E-state index in [0.717, 1.165) is 11.3 Å². The fourth-order valence-electron chi connectivity index (χ4n) is 4.90. The molecule has 11 heteroatoms. The first-order valence-corrected chi connectivity index (χ1v) is 14.7. The highest BCUT2D eigenvalue weighted by atomic mass is 35.5. The number of amides is 2. The monoisotopic (exact) mass is 570 g/mol. The highest BCUT2D eigenvalue weighted by Gasteiger charge is 2.31. The third kappa shape index (κ3) is 6.17. The van der Waals surface area contributed by atoms with Crippen LogP contribution in [0, 0.1) is 12.7 Å². The van der Waals surface area contributed by atoms with Crippen LogP contribution in [0.25, 0.3) is 0 Å². The van der Waals surface area contributed by atoms with Crippen molar-refractivity contribution in [1.82, 2.24) is 4.90 Å². The van der Waals surface area contributed by atoms with Crippen LogP contribution in [0.15, 0.2) is 60.7 Å². The molecule has 0 saturated carbocycles. The van der Waals surface area contributed by atoms with Crippen LogP contribution in [-0.4, -0.2) is 63.1 Å². The molecule has 0 aromatic heterocycles. The van der Waals surface area contributed by atoms with Crippen LogP contribution >= 0.6 is 11.6 Å². The second-order valence-electron chi connectivity index (χ2n) is 9.84. The molecule has 5 rings (SSSR count). The van der Waals surface area contributed by atoms with E-state index in [0.29, 0.717) is 53.7 Å². The second kappa shape index (κ2) is 10.9. The Labute approximate surface area is 231 Å². The summed E-state index contributed by atoms with van der Waals surface area (Å²) in [5, 5.41) is 6.39. The summed E-state index contributed by atoms with van der Waals surface area (Å²) in [5.74, 6) is -1.82. The van der Waals surface area contributed by atoms with E-state index >= 15 is 0 Å². The van der Waals surface area contributed by atoms with E-state index in [1.165, 1.54) is 24.3 Å². The van der Waals surface area contributed by atoms with Gasteiger partial charge in [0.1, 0.15) is 11.9 Å². The molecule has 8 nitrogen and oxygen atoms in total. The van der Waals surface area contributed by atoms with Gasteiger partial charge in [-0.1, -0.05) is 29.8 Å². The molecule has 2 amide bonds. The van der Waals surface area contributed by atoms with Crippen LogP contribution in [-0.2, 0) is 20.4 Å². The smallest absolute Gasteiger partial charge is 0.254 e. The first-order valence-electron chi connectivity index (χ1n) is 12.5. The molecule has 39 heavy (non-hydrogen) atoms. The number of anilines is 3. The van der Waals surface area contributed by atoms with E-state index in [1.807, 2.05) is 25.1 Å². The van der Waals surface area contributed by atoms with Crippen molar-refractivity contribution in [1.29, 1.82) is 0 Å². The fourth-order valence-corrected chi connectivity index (χ4v) is 6.63. The Kier molecular flexibility index (Phi) is 7.51. The lowest BCUT2D eigenvalue weighted by atomic mass is 10.1. The van der Waals surface area contributed by atoms with Crippen LogP contribution in [0.4, 0.5) is 21.5 Å². The molecular weight excluding hydrogens is 543 g/mol. The van der Waals surface area contributed by atoms with E-state index in [1.54, 1.807) is 23.1 Å². The van der Waals surface area contributed by atoms with E-state index in [4.69, 9.17) is 11.6 Å². The molecule has 2 aliphatic rings. The fraction of sp³-hybridized carbons (Fsp3) is 0.286. The molecule has 204 valence electrons. The number of sulfone groups is 1. The lowest BCUT2D eigenvalue weighted by molar-refractivity contribution is -0.116. The van der Waals surface area contributed by atoms with Crippen LogP contribution in [0.1, 0.15) is 21.5 Å². The third-order valence-corrected chi connectivity index (χ3v) is 8.82. The minimum Gasteiger partial charge on any atom is -0.371 e. The predicted octanol–water partition coefficient (Wildman–Crippen LogP) is 4.10. The van der Waals surface area contributed by atoms with Crippen molar-refractivity contribution in [3.63, 3.8) is 0 Å². The number of nitrogens with one attached hydrogen (secondary N) is 2. The van der Waals surface area contributed by atoms with Gasteiger partial charge < -0.3 is 20.4 Å². The molecule has 3 aromatic carbocycles. The van der Waals surface area contributed by atoms with Gasteiger partial charge >= 0.3 is 0 Å². The summed E-state index contributed by atoms with van der Waals surface area (Å²) in [5.41, 5.74) is 4.02. The average molecular weight is 571 g/mol. The predicted molar refractivity (Wildman–Crippen MR) is 151 cm³/mol. The van der Waals surface area contributed by atoms with Crippen LogP contribution in [0.2, 0.25) is 5.02 Å².